The molecule has 20 heavy (non-hydrogen) atoms. The van der Waals surface area contributed by atoms with E-state index in [1.807, 2.05) is 19.1 Å². The normalized spacial score (nSPS) is 17.3. The van der Waals surface area contributed by atoms with E-state index in [2.05, 4.69) is 36.6 Å². The highest BCUT2D eigenvalue weighted by Gasteiger charge is 2.28. The van der Waals surface area contributed by atoms with Crippen molar-refractivity contribution in [3.05, 3.63) is 64.7 Å². The molecule has 0 amide bonds. The molecule has 102 valence electrons. The Balaban J connectivity index is 1.90. The third-order valence-corrected chi connectivity index (χ3v) is 4.79. The van der Waals surface area contributed by atoms with E-state index < -0.39 is 0 Å². The fourth-order valence-corrected chi connectivity index (χ4v) is 3.31. The Kier molecular flexibility index (Phi) is 3.66. The zero-order valence-electron chi connectivity index (χ0n) is 11.8. The summed E-state index contributed by atoms with van der Waals surface area (Å²) >= 11 is 1.76. The minimum absolute atomic E-state index is 0.144. The predicted octanol–water partition coefficient (Wildman–Crippen LogP) is 4.37. The van der Waals surface area contributed by atoms with Gasteiger partial charge in [0.15, 0.2) is 5.78 Å². The highest BCUT2D eigenvalue weighted by Crippen LogP contribution is 2.30. The molecule has 1 nitrogen and oxygen atoms in total. The first-order chi connectivity index (χ1) is 9.69. The summed E-state index contributed by atoms with van der Waals surface area (Å²) < 4.78 is 0. The largest absolute Gasteiger partial charge is 0.294 e. The zero-order valence-corrected chi connectivity index (χ0v) is 12.7. The van der Waals surface area contributed by atoms with Crippen LogP contribution in [0.3, 0.4) is 0 Å². The van der Waals surface area contributed by atoms with Crippen LogP contribution in [0.1, 0.15) is 34.0 Å². The first-order valence-corrected chi connectivity index (χ1v) is 8.19. The van der Waals surface area contributed by atoms with Gasteiger partial charge < -0.3 is 0 Å². The summed E-state index contributed by atoms with van der Waals surface area (Å²) in [5.74, 6) is 0.449. The standard InChI is InChI=1S/C18H18OS/c1-12-10-17-14(4-3-5-16(17)18(12)19)11-13-6-8-15(20-2)9-7-13/h3-9,12H,10-11H2,1-2H3. The minimum Gasteiger partial charge on any atom is -0.294 e. The lowest BCUT2D eigenvalue weighted by molar-refractivity contribution is 0.0946. The molecule has 1 aliphatic carbocycles. The third-order valence-electron chi connectivity index (χ3n) is 4.05. The van der Waals surface area contributed by atoms with Gasteiger partial charge in [-0.1, -0.05) is 37.3 Å². The van der Waals surface area contributed by atoms with Gasteiger partial charge in [0.25, 0.3) is 0 Å². The molecular formula is C18H18OS. The lowest BCUT2D eigenvalue weighted by Crippen LogP contribution is -2.02. The van der Waals surface area contributed by atoms with E-state index in [-0.39, 0.29) is 5.92 Å². The Morgan fingerprint density at radius 1 is 1.15 bits per heavy atom. The number of Topliss-reactive ketones (excluding diaryl/α,β-unsaturated/α-hetero) is 1. The molecule has 0 radical (unpaired) electrons. The van der Waals surface area contributed by atoms with Crippen molar-refractivity contribution in [1.82, 2.24) is 0 Å². The molecule has 0 bridgehead atoms. The van der Waals surface area contributed by atoms with E-state index in [9.17, 15) is 4.79 Å². The highest BCUT2D eigenvalue weighted by molar-refractivity contribution is 7.98. The quantitative estimate of drug-likeness (QED) is 0.777. The number of ketones is 1. The number of thioether (sulfide) groups is 1. The van der Waals surface area contributed by atoms with Crippen LogP contribution in [-0.4, -0.2) is 12.0 Å². The number of rotatable bonds is 3. The van der Waals surface area contributed by atoms with Crippen LogP contribution in [0.4, 0.5) is 0 Å². The average molecular weight is 282 g/mol. The fourth-order valence-electron chi connectivity index (χ4n) is 2.90. The van der Waals surface area contributed by atoms with Gasteiger partial charge in [0.1, 0.15) is 0 Å². The molecule has 1 atom stereocenters. The van der Waals surface area contributed by atoms with Crippen molar-refractivity contribution in [1.29, 1.82) is 0 Å². The first kappa shape index (κ1) is 13.4. The van der Waals surface area contributed by atoms with E-state index >= 15 is 0 Å². The van der Waals surface area contributed by atoms with E-state index in [0.29, 0.717) is 5.78 Å². The van der Waals surface area contributed by atoms with Gasteiger partial charge in [0, 0.05) is 16.4 Å². The second-order valence-electron chi connectivity index (χ2n) is 5.44. The van der Waals surface area contributed by atoms with Crippen molar-refractivity contribution in [2.45, 2.75) is 24.7 Å². The van der Waals surface area contributed by atoms with Crippen molar-refractivity contribution in [3.63, 3.8) is 0 Å². The molecule has 0 aliphatic heterocycles. The Morgan fingerprint density at radius 3 is 2.60 bits per heavy atom. The average Bonchev–Trinajstić information content (AvgIpc) is 2.77. The Labute approximate surface area is 124 Å². The molecule has 2 heteroatoms. The van der Waals surface area contributed by atoms with Crippen LogP contribution in [0.2, 0.25) is 0 Å². The first-order valence-electron chi connectivity index (χ1n) is 6.97. The van der Waals surface area contributed by atoms with E-state index in [1.54, 1.807) is 11.8 Å². The Bertz CT molecular complexity index is 643. The highest BCUT2D eigenvalue weighted by atomic mass is 32.2. The van der Waals surface area contributed by atoms with Crippen LogP contribution in [0.25, 0.3) is 0 Å². The van der Waals surface area contributed by atoms with Gasteiger partial charge in [-0.2, -0.15) is 0 Å². The van der Waals surface area contributed by atoms with Gasteiger partial charge in [-0.3, -0.25) is 4.79 Å². The van der Waals surface area contributed by atoms with Gasteiger partial charge in [-0.05, 0) is 47.9 Å². The summed E-state index contributed by atoms with van der Waals surface area (Å²) in [6, 6.07) is 14.8. The minimum atomic E-state index is 0.144. The van der Waals surface area contributed by atoms with Gasteiger partial charge in [0.2, 0.25) is 0 Å². The summed E-state index contributed by atoms with van der Waals surface area (Å²) in [6.45, 7) is 2.03. The van der Waals surface area contributed by atoms with E-state index in [1.165, 1.54) is 21.6 Å². The van der Waals surface area contributed by atoms with E-state index in [0.717, 1.165) is 18.4 Å². The molecular weight excluding hydrogens is 264 g/mol. The molecule has 3 rings (SSSR count). The molecule has 1 aliphatic rings. The van der Waals surface area contributed by atoms with Crippen LogP contribution < -0.4 is 0 Å². The van der Waals surface area contributed by atoms with E-state index in [4.69, 9.17) is 0 Å². The van der Waals surface area contributed by atoms with Gasteiger partial charge in [-0.25, -0.2) is 0 Å². The molecule has 0 heterocycles. The molecule has 0 N–H and O–H groups in total. The zero-order chi connectivity index (χ0) is 14.1. The maximum absolute atomic E-state index is 12.1. The SMILES string of the molecule is CSc1ccc(Cc2cccc3c2CC(C)C3=O)cc1. The molecule has 0 fully saturated rings. The van der Waals surface area contributed by atoms with Crippen molar-refractivity contribution in [2.24, 2.45) is 5.92 Å². The van der Waals surface area contributed by atoms with Crippen molar-refractivity contribution >= 4 is 17.5 Å². The molecule has 2 aromatic carbocycles. The predicted molar refractivity (Wildman–Crippen MR) is 84.7 cm³/mol. The van der Waals surface area contributed by atoms with Crippen molar-refractivity contribution in [2.75, 3.05) is 6.26 Å². The van der Waals surface area contributed by atoms with Crippen LogP contribution in [0.15, 0.2) is 47.4 Å². The van der Waals surface area contributed by atoms with Crippen LogP contribution in [-0.2, 0) is 12.8 Å². The number of benzene rings is 2. The summed E-state index contributed by atoms with van der Waals surface area (Å²) in [5, 5.41) is 0. The maximum Gasteiger partial charge on any atom is 0.166 e. The fraction of sp³-hybridized carbons (Fsp3) is 0.278. The summed E-state index contributed by atoms with van der Waals surface area (Å²) in [7, 11) is 0. The molecule has 2 aromatic rings. The van der Waals surface area contributed by atoms with Gasteiger partial charge >= 0.3 is 0 Å². The summed E-state index contributed by atoms with van der Waals surface area (Å²) in [6.07, 6.45) is 3.90. The second-order valence-corrected chi connectivity index (χ2v) is 6.32. The van der Waals surface area contributed by atoms with Crippen LogP contribution in [0, 0.1) is 5.92 Å². The molecule has 0 aromatic heterocycles. The third kappa shape index (κ3) is 2.40. The molecule has 1 unspecified atom stereocenters. The lowest BCUT2D eigenvalue weighted by atomic mass is 9.97. The van der Waals surface area contributed by atoms with Crippen molar-refractivity contribution < 1.29 is 4.79 Å². The smallest absolute Gasteiger partial charge is 0.166 e. The van der Waals surface area contributed by atoms with Crippen molar-refractivity contribution in [3.8, 4) is 0 Å². The Hall–Kier alpha value is -1.54. The lowest BCUT2D eigenvalue weighted by Gasteiger charge is -2.08. The number of hydrogen-bond donors (Lipinski definition) is 0. The molecule has 0 saturated heterocycles. The second kappa shape index (κ2) is 5.45. The number of carbonyl (C=O) groups is 1. The Morgan fingerprint density at radius 2 is 1.90 bits per heavy atom. The number of fused-ring (bicyclic) bond motifs is 1. The number of hydrogen-bond acceptors (Lipinski definition) is 2. The summed E-state index contributed by atoms with van der Waals surface area (Å²) in [4.78, 5) is 13.4. The molecule has 0 saturated carbocycles. The number of carbonyl (C=O) groups excluding carboxylic acids is 1. The topological polar surface area (TPSA) is 17.1 Å². The summed E-state index contributed by atoms with van der Waals surface area (Å²) in [5.41, 5.74) is 4.81. The van der Waals surface area contributed by atoms with Crippen LogP contribution in [0.5, 0.6) is 0 Å². The van der Waals surface area contributed by atoms with Crippen LogP contribution >= 0.6 is 11.8 Å². The van der Waals surface area contributed by atoms with Gasteiger partial charge in [0.05, 0.1) is 0 Å². The maximum atomic E-state index is 12.1. The monoisotopic (exact) mass is 282 g/mol. The van der Waals surface area contributed by atoms with Gasteiger partial charge in [-0.15, -0.1) is 11.8 Å². The molecule has 0 spiro atoms.